The van der Waals surface area contributed by atoms with Crippen LogP contribution in [0, 0.1) is 13.8 Å². The van der Waals surface area contributed by atoms with Crippen LogP contribution in [0.2, 0.25) is 0 Å². The van der Waals surface area contributed by atoms with E-state index < -0.39 is 0 Å². The number of carbonyl (C=O) groups excluding carboxylic acids is 1. The topological polar surface area (TPSA) is 79.8 Å². The first kappa shape index (κ1) is 16.0. The first-order chi connectivity index (χ1) is 11.5. The first-order valence-electron chi connectivity index (χ1n) is 7.86. The molecule has 24 heavy (non-hydrogen) atoms. The Bertz CT molecular complexity index is 942. The lowest BCUT2D eigenvalue weighted by molar-refractivity contribution is 0.0935. The molecule has 1 amide bonds. The third-order valence-corrected chi connectivity index (χ3v) is 3.97. The maximum atomic E-state index is 12.7. The van der Waals surface area contributed by atoms with Crippen LogP contribution in [0.5, 0.6) is 0 Å². The van der Waals surface area contributed by atoms with E-state index in [4.69, 9.17) is 0 Å². The molecular formula is C18H20N4O2. The SMILES string of the molecule is Cc1cc(C)c2[nH]cc(C(=O)N[C@@H](C)Cn3cccn3)c(=O)c2c1. The highest BCUT2D eigenvalue weighted by Gasteiger charge is 2.16. The number of H-pyrrole nitrogens is 1. The number of aromatic nitrogens is 3. The number of aromatic amines is 1. The lowest BCUT2D eigenvalue weighted by atomic mass is 10.0. The molecule has 2 N–H and O–H groups in total. The number of nitrogens with zero attached hydrogens (tertiary/aromatic N) is 2. The summed E-state index contributed by atoms with van der Waals surface area (Å²) in [5, 5.41) is 7.50. The second-order valence-electron chi connectivity index (χ2n) is 6.14. The summed E-state index contributed by atoms with van der Waals surface area (Å²) in [6, 6.07) is 5.49. The van der Waals surface area contributed by atoms with Gasteiger partial charge in [0, 0.05) is 30.0 Å². The van der Waals surface area contributed by atoms with Gasteiger partial charge in [-0.15, -0.1) is 0 Å². The van der Waals surface area contributed by atoms with Gasteiger partial charge in [0.2, 0.25) is 5.43 Å². The Labute approximate surface area is 139 Å². The zero-order valence-electron chi connectivity index (χ0n) is 14.0. The lowest BCUT2D eigenvalue weighted by Gasteiger charge is -2.14. The fourth-order valence-corrected chi connectivity index (χ4v) is 2.90. The van der Waals surface area contributed by atoms with Crippen LogP contribution in [-0.2, 0) is 6.54 Å². The Morgan fingerprint density at radius 2 is 2.17 bits per heavy atom. The standard InChI is InChI=1S/C18H20N4O2/c1-11-7-12(2)16-14(8-11)17(23)15(9-19-16)18(24)21-13(3)10-22-6-4-5-20-22/h4-9,13H,10H2,1-3H3,(H,19,23)(H,21,24)/t13-/m0/s1. The maximum Gasteiger partial charge on any atom is 0.257 e. The number of aryl methyl sites for hydroxylation is 2. The van der Waals surface area contributed by atoms with Crippen molar-refractivity contribution in [3.8, 4) is 0 Å². The molecule has 6 nitrogen and oxygen atoms in total. The van der Waals surface area contributed by atoms with E-state index in [0.29, 0.717) is 11.9 Å². The number of nitrogens with one attached hydrogen (secondary N) is 2. The molecule has 124 valence electrons. The Kier molecular flexibility index (Phi) is 4.20. The summed E-state index contributed by atoms with van der Waals surface area (Å²) in [6.07, 6.45) is 5.01. The summed E-state index contributed by atoms with van der Waals surface area (Å²) in [5.41, 5.74) is 2.63. The summed E-state index contributed by atoms with van der Waals surface area (Å²) in [6.45, 7) is 6.30. The summed E-state index contributed by atoms with van der Waals surface area (Å²) in [7, 11) is 0. The van der Waals surface area contributed by atoms with Crippen molar-refractivity contribution < 1.29 is 4.79 Å². The molecule has 3 aromatic rings. The minimum Gasteiger partial charge on any atom is -0.360 e. The number of hydrogen-bond donors (Lipinski definition) is 2. The molecule has 1 atom stereocenters. The average molecular weight is 324 g/mol. The molecule has 6 heteroatoms. The third-order valence-electron chi connectivity index (χ3n) is 3.97. The summed E-state index contributed by atoms with van der Waals surface area (Å²) >= 11 is 0. The summed E-state index contributed by atoms with van der Waals surface area (Å²) < 4.78 is 1.74. The van der Waals surface area contributed by atoms with Gasteiger partial charge in [0.05, 0.1) is 12.1 Å². The number of amides is 1. The van der Waals surface area contributed by atoms with Gasteiger partial charge in [0.1, 0.15) is 5.56 Å². The summed E-state index contributed by atoms with van der Waals surface area (Å²) in [5.74, 6) is -0.378. The van der Waals surface area contributed by atoms with Crippen molar-refractivity contribution in [3.05, 3.63) is 63.7 Å². The molecule has 1 aromatic carbocycles. The zero-order valence-corrected chi connectivity index (χ0v) is 14.0. The molecular weight excluding hydrogens is 304 g/mol. The van der Waals surface area contributed by atoms with Gasteiger partial charge in [-0.3, -0.25) is 14.3 Å². The molecule has 0 unspecified atom stereocenters. The molecule has 0 spiro atoms. The predicted octanol–water partition coefficient (Wildman–Crippen LogP) is 2.16. The minimum absolute atomic E-state index is 0.125. The van der Waals surface area contributed by atoms with Crippen LogP contribution in [0.15, 0.2) is 41.6 Å². The van der Waals surface area contributed by atoms with E-state index in [0.717, 1.165) is 16.6 Å². The highest BCUT2D eigenvalue weighted by molar-refractivity contribution is 5.97. The van der Waals surface area contributed by atoms with Crippen LogP contribution in [0.3, 0.4) is 0 Å². The van der Waals surface area contributed by atoms with Gasteiger partial charge in [0.15, 0.2) is 0 Å². The molecule has 2 heterocycles. The first-order valence-corrected chi connectivity index (χ1v) is 7.86. The molecule has 0 aliphatic heterocycles. The van der Waals surface area contributed by atoms with Gasteiger partial charge in [0.25, 0.3) is 5.91 Å². The average Bonchev–Trinajstić information content (AvgIpc) is 3.00. The van der Waals surface area contributed by atoms with Crippen molar-refractivity contribution in [2.45, 2.75) is 33.4 Å². The molecule has 0 aliphatic carbocycles. The van der Waals surface area contributed by atoms with E-state index in [1.165, 1.54) is 6.20 Å². The largest absolute Gasteiger partial charge is 0.360 e. The van der Waals surface area contributed by atoms with E-state index in [1.54, 1.807) is 10.9 Å². The fourth-order valence-electron chi connectivity index (χ4n) is 2.90. The Morgan fingerprint density at radius 1 is 1.38 bits per heavy atom. The predicted molar refractivity (Wildman–Crippen MR) is 93.2 cm³/mol. The van der Waals surface area contributed by atoms with E-state index in [9.17, 15) is 9.59 Å². The fraction of sp³-hybridized carbons (Fsp3) is 0.278. The van der Waals surface area contributed by atoms with Crippen LogP contribution in [0.1, 0.15) is 28.4 Å². The van der Waals surface area contributed by atoms with E-state index >= 15 is 0 Å². The second kappa shape index (κ2) is 6.31. The smallest absolute Gasteiger partial charge is 0.257 e. The third kappa shape index (κ3) is 3.08. The molecule has 0 saturated carbocycles. The molecule has 2 aromatic heterocycles. The van der Waals surface area contributed by atoms with Crippen molar-refractivity contribution in [2.75, 3.05) is 0 Å². The Morgan fingerprint density at radius 3 is 2.88 bits per heavy atom. The number of benzene rings is 1. The summed E-state index contributed by atoms with van der Waals surface area (Å²) in [4.78, 5) is 28.2. The molecule has 0 radical (unpaired) electrons. The van der Waals surface area contributed by atoms with Gasteiger partial charge in [-0.1, -0.05) is 6.07 Å². The number of fused-ring (bicyclic) bond motifs is 1. The quantitative estimate of drug-likeness (QED) is 0.772. The normalized spacial score (nSPS) is 12.3. The van der Waals surface area contributed by atoms with Crippen molar-refractivity contribution in [1.82, 2.24) is 20.1 Å². The second-order valence-corrected chi connectivity index (χ2v) is 6.14. The maximum absolute atomic E-state index is 12.7. The Hall–Kier alpha value is -2.89. The minimum atomic E-state index is -0.378. The van der Waals surface area contributed by atoms with Gasteiger partial charge in [-0.25, -0.2) is 0 Å². The molecule has 0 saturated heterocycles. The molecule has 0 aliphatic rings. The molecule has 3 rings (SSSR count). The number of rotatable bonds is 4. The number of carbonyl (C=O) groups is 1. The van der Waals surface area contributed by atoms with Gasteiger partial charge in [-0.05, 0) is 44.0 Å². The number of hydrogen-bond acceptors (Lipinski definition) is 3. The van der Waals surface area contributed by atoms with Crippen molar-refractivity contribution in [2.24, 2.45) is 0 Å². The van der Waals surface area contributed by atoms with Gasteiger partial charge in [-0.2, -0.15) is 5.10 Å². The van der Waals surface area contributed by atoms with E-state index in [2.05, 4.69) is 15.4 Å². The zero-order chi connectivity index (χ0) is 17.3. The monoisotopic (exact) mass is 324 g/mol. The number of pyridine rings is 1. The van der Waals surface area contributed by atoms with Crippen LogP contribution in [-0.4, -0.2) is 26.7 Å². The van der Waals surface area contributed by atoms with Crippen molar-refractivity contribution >= 4 is 16.8 Å². The van der Waals surface area contributed by atoms with Crippen LogP contribution in [0.4, 0.5) is 0 Å². The van der Waals surface area contributed by atoms with Crippen molar-refractivity contribution in [1.29, 1.82) is 0 Å². The highest BCUT2D eigenvalue weighted by Crippen LogP contribution is 2.15. The van der Waals surface area contributed by atoms with Crippen molar-refractivity contribution in [3.63, 3.8) is 0 Å². The molecule has 0 bridgehead atoms. The van der Waals surface area contributed by atoms with E-state index in [1.807, 2.05) is 45.2 Å². The lowest BCUT2D eigenvalue weighted by Crippen LogP contribution is -2.38. The van der Waals surface area contributed by atoms with Crippen LogP contribution < -0.4 is 10.7 Å². The van der Waals surface area contributed by atoms with Gasteiger partial charge < -0.3 is 10.3 Å². The van der Waals surface area contributed by atoms with Crippen LogP contribution >= 0.6 is 0 Å². The van der Waals surface area contributed by atoms with Crippen LogP contribution in [0.25, 0.3) is 10.9 Å². The Balaban J connectivity index is 1.87. The van der Waals surface area contributed by atoms with Gasteiger partial charge >= 0.3 is 0 Å². The highest BCUT2D eigenvalue weighted by atomic mass is 16.2. The molecule has 0 fully saturated rings. The van der Waals surface area contributed by atoms with E-state index in [-0.39, 0.29) is 22.9 Å².